The van der Waals surface area contributed by atoms with Crippen LogP contribution in [0.15, 0.2) is 54.6 Å². The quantitative estimate of drug-likeness (QED) is 0.0682. The van der Waals surface area contributed by atoms with Crippen molar-refractivity contribution in [2.24, 2.45) is 0 Å². The Kier molecular flexibility index (Phi) is 28.4. The summed E-state index contributed by atoms with van der Waals surface area (Å²) in [5, 5.41) is 0. The van der Waals surface area contributed by atoms with E-state index in [9.17, 15) is 0 Å². The standard InChI is InChI=1S/C46H79NO/c1-3-5-7-9-11-13-15-17-19-21-23-25-27-29-36-42-47(45-40-34-35-41-46(45)48-44-38-32-31-33-39-44)43-37-30-28-26-24-22-20-18-16-14-12-10-8-6-4-2/h31-35,38-41H,3-30,36-37,42-43H2,1-2H3. The molecule has 0 saturated carbocycles. The molecule has 0 amide bonds. The fourth-order valence-electron chi connectivity index (χ4n) is 7.12. The van der Waals surface area contributed by atoms with E-state index >= 15 is 0 Å². The van der Waals surface area contributed by atoms with Crippen LogP contribution in [0, 0.1) is 0 Å². The zero-order valence-electron chi connectivity index (χ0n) is 32.2. The van der Waals surface area contributed by atoms with E-state index in [1.807, 2.05) is 0 Å². The number of anilines is 1. The van der Waals surface area contributed by atoms with E-state index < -0.39 is 0 Å². The Labute approximate surface area is 300 Å². The van der Waals surface area contributed by atoms with Crippen molar-refractivity contribution in [1.29, 1.82) is 0 Å². The van der Waals surface area contributed by atoms with E-state index in [1.54, 1.807) is 0 Å². The summed E-state index contributed by atoms with van der Waals surface area (Å²) in [5.74, 6) is 1.91. The average Bonchev–Trinajstić information content (AvgIpc) is 3.11. The molecule has 2 aromatic rings. The Balaban J connectivity index is 1.63. The van der Waals surface area contributed by atoms with Crippen LogP contribution in [0.4, 0.5) is 5.69 Å². The van der Waals surface area contributed by atoms with Crippen LogP contribution in [0.1, 0.15) is 206 Å². The lowest BCUT2D eigenvalue weighted by Gasteiger charge is -2.27. The molecule has 2 heteroatoms. The fourth-order valence-corrected chi connectivity index (χ4v) is 7.12. The maximum Gasteiger partial charge on any atom is 0.150 e. The minimum Gasteiger partial charge on any atom is -0.455 e. The lowest BCUT2D eigenvalue weighted by Crippen LogP contribution is -2.26. The second-order valence-corrected chi connectivity index (χ2v) is 14.8. The maximum absolute atomic E-state index is 6.41. The molecule has 0 atom stereocenters. The molecule has 0 radical (unpaired) electrons. The van der Waals surface area contributed by atoms with E-state index in [1.165, 1.54) is 198 Å². The second kappa shape index (κ2) is 32.3. The van der Waals surface area contributed by atoms with Crippen LogP contribution in [0.3, 0.4) is 0 Å². The van der Waals surface area contributed by atoms with Crippen molar-refractivity contribution in [3.8, 4) is 11.5 Å². The minimum absolute atomic E-state index is 0.920. The van der Waals surface area contributed by atoms with Crippen molar-refractivity contribution >= 4 is 5.69 Å². The Hall–Kier alpha value is -1.96. The molecule has 0 aliphatic rings. The Bertz CT molecular complexity index is 893. The summed E-state index contributed by atoms with van der Waals surface area (Å²) in [5.41, 5.74) is 1.26. The number of nitrogens with zero attached hydrogens (tertiary/aromatic N) is 1. The van der Waals surface area contributed by atoms with Crippen LogP contribution in [-0.2, 0) is 0 Å². The van der Waals surface area contributed by atoms with Gasteiger partial charge in [-0.3, -0.25) is 0 Å². The Morgan fingerprint density at radius 3 is 1.04 bits per heavy atom. The summed E-state index contributed by atoms with van der Waals surface area (Å²) in [7, 11) is 0. The first-order chi connectivity index (χ1) is 23.8. The Morgan fingerprint density at radius 2 is 0.667 bits per heavy atom. The summed E-state index contributed by atoms with van der Waals surface area (Å²) in [6, 6.07) is 19.0. The molecule has 2 rings (SSSR count). The maximum atomic E-state index is 6.41. The highest BCUT2D eigenvalue weighted by molar-refractivity contribution is 5.59. The van der Waals surface area contributed by atoms with E-state index in [0.29, 0.717) is 0 Å². The van der Waals surface area contributed by atoms with Gasteiger partial charge in [-0.15, -0.1) is 0 Å². The smallest absolute Gasteiger partial charge is 0.150 e. The molecule has 0 N–H and O–H groups in total. The molecule has 274 valence electrons. The molecule has 0 aromatic heterocycles. The highest BCUT2D eigenvalue weighted by atomic mass is 16.5. The zero-order chi connectivity index (χ0) is 34.0. The number of unbranched alkanes of at least 4 members (excludes halogenated alkanes) is 28. The lowest BCUT2D eigenvalue weighted by molar-refractivity contribution is 0.479. The van der Waals surface area contributed by atoms with Crippen LogP contribution in [0.5, 0.6) is 11.5 Å². The summed E-state index contributed by atoms with van der Waals surface area (Å²) >= 11 is 0. The monoisotopic (exact) mass is 662 g/mol. The van der Waals surface area contributed by atoms with Gasteiger partial charge in [0.15, 0.2) is 5.75 Å². The van der Waals surface area contributed by atoms with E-state index in [-0.39, 0.29) is 0 Å². The molecular weight excluding hydrogens is 583 g/mol. The van der Waals surface area contributed by atoms with Gasteiger partial charge >= 0.3 is 0 Å². The van der Waals surface area contributed by atoms with Gasteiger partial charge in [0.25, 0.3) is 0 Å². The fraction of sp³-hybridized carbons (Fsp3) is 0.739. The van der Waals surface area contributed by atoms with Gasteiger partial charge in [-0.05, 0) is 37.1 Å². The zero-order valence-corrected chi connectivity index (χ0v) is 32.2. The normalized spacial score (nSPS) is 11.3. The highest BCUT2D eigenvalue weighted by Crippen LogP contribution is 2.33. The average molecular weight is 662 g/mol. The molecule has 0 aliphatic carbocycles. The minimum atomic E-state index is 0.920. The largest absolute Gasteiger partial charge is 0.455 e. The summed E-state index contributed by atoms with van der Waals surface area (Å²) < 4.78 is 6.41. The topological polar surface area (TPSA) is 12.5 Å². The van der Waals surface area contributed by atoms with Gasteiger partial charge in [0, 0.05) is 13.1 Å². The third-order valence-electron chi connectivity index (χ3n) is 10.2. The third-order valence-corrected chi connectivity index (χ3v) is 10.2. The van der Waals surface area contributed by atoms with E-state index in [0.717, 1.165) is 24.6 Å². The van der Waals surface area contributed by atoms with Gasteiger partial charge in [-0.1, -0.05) is 224 Å². The molecule has 48 heavy (non-hydrogen) atoms. The van der Waals surface area contributed by atoms with Crippen molar-refractivity contribution < 1.29 is 4.74 Å². The van der Waals surface area contributed by atoms with Crippen LogP contribution >= 0.6 is 0 Å². The van der Waals surface area contributed by atoms with Gasteiger partial charge in [0.05, 0.1) is 5.69 Å². The first-order valence-electron chi connectivity index (χ1n) is 21.4. The molecule has 0 bridgehead atoms. The number of rotatable bonds is 35. The van der Waals surface area contributed by atoms with Gasteiger partial charge < -0.3 is 9.64 Å². The van der Waals surface area contributed by atoms with Gasteiger partial charge in [0.2, 0.25) is 0 Å². The number of para-hydroxylation sites is 3. The molecule has 0 fully saturated rings. The molecular formula is C46H79NO. The number of hydrogen-bond acceptors (Lipinski definition) is 2. The van der Waals surface area contributed by atoms with Crippen LogP contribution in [0.2, 0.25) is 0 Å². The molecule has 0 aliphatic heterocycles. The lowest BCUT2D eigenvalue weighted by atomic mass is 10.0. The number of benzene rings is 2. The summed E-state index contributed by atoms with van der Waals surface area (Å²) in [6.07, 6.45) is 42.4. The van der Waals surface area contributed by atoms with Gasteiger partial charge in [0.1, 0.15) is 5.75 Å². The number of hydrogen-bond donors (Lipinski definition) is 0. The van der Waals surface area contributed by atoms with Crippen molar-refractivity contribution in [2.75, 3.05) is 18.0 Å². The third kappa shape index (κ3) is 23.4. The number of ether oxygens (including phenoxy) is 1. The first kappa shape index (κ1) is 42.2. The molecule has 0 unspecified atom stereocenters. The molecule has 0 saturated heterocycles. The first-order valence-corrected chi connectivity index (χ1v) is 21.4. The summed E-state index contributed by atoms with van der Waals surface area (Å²) in [4.78, 5) is 2.63. The van der Waals surface area contributed by atoms with Crippen molar-refractivity contribution in [3.05, 3.63) is 54.6 Å². The summed E-state index contributed by atoms with van der Waals surface area (Å²) in [6.45, 7) is 6.87. The van der Waals surface area contributed by atoms with Crippen molar-refractivity contribution in [1.82, 2.24) is 0 Å². The van der Waals surface area contributed by atoms with Gasteiger partial charge in [-0.25, -0.2) is 0 Å². The SMILES string of the molecule is CCCCCCCCCCCCCCCCCN(CCCCCCCCCCCCCCCCC)c1ccccc1Oc1ccccc1. The predicted molar refractivity (Wildman–Crippen MR) is 215 cm³/mol. The van der Waals surface area contributed by atoms with Crippen LogP contribution in [0.25, 0.3) is 0 Å². The predicted octanol–water partition coefficient (Wildman–Crippen LogP) is 16.0. The molecule has 2 nitrogen and oxygen atoms in total. The molecule has 0 heterocycles. The Morgan fingerprint density at radius 1 is 0.354 bits per heavy atom. The van der Waals surface area contributed by atoms with Crippen molar-refractivity contribution in [3.63, 3.8) is 0 Å². The second-order valence-electron chi connectivity index (χ2n) is 14.8. The van der Waals surface area contributed by atoms with Gasteiger partial charge in [-0.2, -0.15) is 0 Å². The van der Waals surface area contributed by atoms with E-state index in [4.69, 9.17) is 4.74 Å². The molecule has 2 aromatic carbocycles. The van der Waals surface area contributed by atoms with E-state index in [2.05, 4.69) is 73.3 Å². The van der Waals surface area contributed by atoms with Crippen molar-refractivity contribution in [2.45, 2.75) is 206 Å². The van der Waals surface area contributed by atoms with Crippen LogP contribution in [-0.4, -0.2) is 13.1 Å². The highest BCUT2D eigenvalue weighted by Gasteiger charge is 2.13. The van der Waals surface area contributed by atoms with Crippen LogP contribution < -0.4 is 9.64 Å². The molecule has 0 spiro atoms.